The van der Waals surface area contributed by atoms with E-state index in [9.17, 15) is 24.3 Å². The number of nitrogens with one attached hydrogen (secondary N) is 1. The van der Waals surface area contributed by atoms with Gasteiger partial charge in [0.15, 0.2) is 5.76 Å². The summed E-state index contributed by atoms with van der Waals surface area (Å²) >= 11 is 1.32. The number of carbonyl (C=O) groups excluding carboxylic acids is 3. The molecule has 0 aliphatic carbocycles. The highest BCUT2D eigenvalue weighted by atomic mass is 32.2. The molecular weight excluding hydrogens is 364 g/mol. The Bertz CT molecular complexity index is 857. The zero-order valence-electron chi connectivity index (χ0n) is 13.6. The summed E-state index contributed by atoms with van der Waals surface area (Å²) in [5, 5.41) is 11.3. The van der Waals surface area contributed by atoms with E-state index in [4.69, 9.17) is 4.42 Å². The van der Waals surface area contributed by atoms with Gasteiger partial charge in [-0.15, -0.1) is 11.8 Å². The molecule has 26 heavy (non-hydrogen) atoms. The van der Waals surface area contributed by atoms with E-state index >= 15 is 0 Å². The molecule has 0 unspecified atom stereocenters. The van der Waals surface area contributed by atoms with Crippen LogP contribution in [0, 0.1) is 0 Å². The number of thioether (sulfide) groups is 1. The minimum Gasteiger partial charge on any atom is -0.477 e. The third-order valence-electron chi connectivity index (χ3n) is 3.95. The Morgan fingerprint density at radius 2 is 2.12 bits per heavy atom. The monoisotopic (exact) mass is 378 g/mol. The van der Waals surface area contributed by atoms with Crippen molar-refractivity contribution in [1.82, 2.24) is 10.2 Å². The second-order valence-electron chi connectivity index (χ2n) is 5.40. The van der Waals surface area contributed by atoms with Crippen LogP contribution in [-0.2, 0) is 14.3 Å². The zero-order chi connectivity index (χ0) is 19.0. The summed E-state index contributed by atoms with van der Waals surface area (Å²) in [5.74, 6) is -3.11. The van der Waals surface area contributed by atoms with Gasteiger partial charge in [0.25, 0.3) is 11.8 Å². The zero-order valence-corrected chi connectivity index (χ0v) is 14.4. The van der Waals surface area contributed by atoms with E-state index in [2.05, 4.69) is 16.6 Å². The molecule has 1 aromatic heterocycles. The first kappa shape index (κ1) is 17.8. The Balaban J connectivity index is 1.74. The molecule has 3 rings (SSSR count). The Morgan fingerprint density at radius 1 is 1.42 bits per heavy atom. The largest absolute Gasteiger partial charge is 0.477 e. The second kappa shape index (κ2) is 6.71. The minimum absolute atomic E-state index is 0.120. The summed E-state index contributed by atoms with van der Waals surface area (Å²) in [6, 6.07) is 1.68. The van der Waals surface area contributed by atoms with Crippen molar-refractivity contribution < 1.29 is 33.4 Å². The van der Waals surface area contributed by atoms with Gasteiger partial charge in [-0.2, -0.15) is 0 Å². The molecule has 0 radical (unpaired) electrons. The molecule has 1 aromatic rings. The number of hydrogen-bond donors (Lipinski definition) is 2. The van der Waals surface area contributed by atoms with Gasteiger partial charge in [0, 0.05) is 5.75 Å². The van der Waals surface area contributed by atoms with E-state index in [1.54, 1.807) is 0 Å². The van der Waals surface area contributed by atoms with Crippen molar-refractivity contribution in [2.45, 2.75) is 11.4 Å². The average Bonchev–Trinajstić information content (AvgIpc) is 3.13. The van der Waals surface area contributed by atoms with E-state index < -0.39 is 35.2 Å². The Labute approximate surface area is 151 Å². The van der Waals surface area contributed by atoms with Crippen LogP contribution in [-0.4, -0.2) is 58.0 Å². The fraction of sp³-hybridized carbons (Fsp3) is 0.250. The number of hydrogen-bond acceptors (Lipinski definition) is 7. The molecular formula is C16H14N2O7S. The van der Waals surface area contributed by atoms with E-state index in [1.165, 1.54) is 37.1 Å². The molecule has 2 amide bonds. The van der Waals surface area contributed by atoms with Crippen molar-refractivity contribution in [1.29, 1.82) is 0 Å². The number of amides is 2. The lowest BCUT2D eigenvalue weighted by molar-refractivity contribution is -0.148. The van der Waals surface area contributed by atoms with Crippen LogP contribution in [0.4, 0.5) is 0 Å². The smallest absolute Gasteiger partial charge is 0.373 e. The molecule has 2 atom stereocenters. The van der Waals surface area contributed by atoms with E-state index in [0.29, 0.717) is 11.3 Å². The number of carboxylic acids is 1. The van der Waals surface area contributed by atoms with E-state index in [1.807, 2.05) is 0 Å². The Morgan fingerprint density at radius 3 is 2.73 bits per heavy atom. The van der Waals surface area contributed by atoms with Crippen molar-refractivity contribution in [3.63, 3.8) is 0 Å². The van der Waals surface area contributed by atoms with Crippen LogP contribution in [0.2, 0.25) is 0 Å². The number of furan rings is 1. The third kappa shape index (κ3) is 2.77. The summed E-state index contributed by atoms with van der Waals surface area (Å²) in [7, 11) is 1.18. The lowest BCUT2D eigenvalue weighted by Gasteiger charge is -2.49. The standard InChI is InChI=1S/C16H14N2O7S/c1-3-7-6-26-14-10(13(20)18(14)11(7)15(21)22)17-12(19)8-4-5-9(25-8)16(23)24-2/h3-5,10,14H,1,6H2,2H3,(H,17,19)(H,21,22)/t10-,14-/m1/s1. The van der Waals surface area contributed by atoms with Crippen LogP contribution >= 0.6 is 11.8 Å². The number of aliphatic carboxylic acids is 1. The topological polar surface area (TPSA) is 126 Å². The lowest BCUT2D eigenvalue weighted by atomic mass is 10.0. The van der Waals surface area contributed by atoms with Crippen molar-refractivity contribution >= 4 is 35.5 Å². The number of esters is 1. The number of β-lactam (4-membered cyclic amide) rings is 1. The summed E-state index contributed by atoms with van der Waals surface area (Å²) < 4.78 is 9.59. The predicted octanol–water partition coefficient (Wildman–Crippen LogP) is 0.604. The molecule has 2 N–H and O–H groups in total. The Kier molecular flexibility index (Phi) is 4.60. The highest BCUT2D eigenvalue weighted by Gasteiger charge is 2.54. The van der Waals surface area contributed by atoms with Gasteiger partial charge in [0.2, 0.25) is 5.76 Å². The maximum atomic E-state index is 12.4. The number of methoxy groups -OCH3 is 1. The van der Waals surface area contributed by atoms with Crippen molar-refractivity contribution in [3.05, 3.63) is 47.6 Å². The lowest BCUT2D eigenvalue weighted by Crippen LogP contribution is -2.70. The Hall–Kier alpha value is -3.01. The first-order valence-corrected chi connectivity index (χ1v) is 8.46. The van der Waals surface area contributed by atoms with Gasteiger partial charge in [-0.3, -0.25) is 14.5 Å². The fourth-order valence-corrected chi connectivity index (χ4v) is 4.02. The van der Waals surface area contributed by atoms with Crippen LogP contribution in [0.15, 0.2) is 40.5 Å². The van der Waals surface area contributed by atoms with Gasteiger partial charge >= 0.3 is 11.9 Å². The van der Waals surface area contributed by atoms with Gasteiger partial charge in [-0.05, 0) is 17.7 Å². The molecule has 1 saturated heterocycles. The summed E-state index contributed by atoms with van der Waals surface area (Å²) in [4.78, 5) is 48.6. The second-order valence-corrected chi connectivity index (χ2v) is 6.50. The van der Waals surface area contributed by atoms with Crippen LogP contribution in [0.3, 0.4) is 0 Å². The molecule has 0 bridgehead atoms. The van der Waals surface area contributed by atoms with Gasteiger partial charge in [-0.1, -0.05) is 12.7 Å². The third-order valence-corrected chi connectivity index (χ3v) is 5.25. The number of rotatable bonds is 5. The molecule has 9 nitrogen and oxygen atoms in total. The van der Waals surface area contributed by atoms with Gasteiger partial charge in [-0.25, -0.2) is 9.59 Å². The van der Waals surface area contributed by atoms with Gasteiger partial charge in [0.1, 0.15) is 17.1 Å². The van der Waals surface area contributed by atoms with Crippen molar-refractivity contribution in [3.8, 4) is 0 Å². The molecule has 2 aliphatic heterocycles. The first-order valence-electron chi connectivity index (χ1n) is 7.41. The molecule has 10 heteroatoms. The van der Waals surface area contributed by atoms with Crippen LogP contribution in [0.5, 0.6) is 0 Å². The fourth-order valence-electron chi connectivity index (χ4n) is 2.68. The number of nitrogens with zero attached hydrogens (tertiary/aromatic N) is 1. The number of carboxylic acid groups (broad SMARTS) is 1. The normalized spacial score (nSPS) is 21.6. The first-order chi connectivity index (χ1) is 12.4. The predicted molar refractivity (Wildman–Crippen MR) is 89.3 cm³/mol. The molecule has 136 valence electrons. The number of ether oxygens (including phenoxy) is 1. The average molecular weight is 378 g/mol. The van der Waals surface area contributed by atoms with Crippen LogP contribution in [0.1, 0.15) is 21.1 Å². The van der Waals surface area contributed by atoms with Gasteiger partial charge in [0.05, 0.1) is 7.11 Å². The van der Waals surface area contributed by atoms with Crippen molar-refractivity contribution in [2.75, 3.05) is 12.9 Å². The van der Waals surface area contributed by atoms with E-state index in [-0.39, 0.29) is 17.2 Å². The highest BCUT2D eigenvalue weighted by molar-refractivity contribution is 8.00. The summed E-state index contributed by atoms with van der Waals surface area (Å²) in [5.41, 5.74) is 0.329. The molecule has 3 heterocycles. The number of carbonyl (C=O) groups is 4. The summed E-state index contributed by atoms with van der Waals surface area (Å²) in [6.07, 6.45) is 1.41. The van der Waals surface area contributed by atoms with Gasteiger partial charge < -0.3 is 19.6 Å². The maximum Gasteiger partial charge on any atom is 0.373 e. The molecule has 0 spiro atoms. The number of allylic oxidation sites excluding steroid dienone is 1. The molecule has 0 saturated carbocycles. The minimum atomic E-state index is -1.22. The van der Waals surface area contributed by atoms with Crippen LogP contribution in [0.25, 0.3) is 0 Å². The highest BCUT2D eigenvalue weighted by Crippen LogP contribution is 2.40. The molecule has 0 aromatic carbocycles. The van der Waals surface area contributed by atoms with E-state index in [0.717, 1.165) is 4.90 Å². The SMILES string of the molecule is C=CC1=C(C(=O)O)N2C(=O)[C@@H](NC(=O)c3ccc(C(=O)OC)o3)[C@H]2SC1. The molecule has 2 aliphatic rings. The number of fused-ring (bicyclic) bond motifs is 1. The van der Waals surface area contributed by atoms with Crippen molar-refractivity contribution in [2.24, 2.45) is 0 Å². The maximum absolute atomic E-state index is 12.4. The van der Waals surface area contributed by atoms with Crippen LogP contribution < -0.4 is 5.32 Å². The quantitative estimate of drug-likeness (QED) is 0.564. The molecule has 1 fully saturated rings. The summed E-state index contributed by atoms with van der Waals surface area (Å²) in [6.45, 7) is 3.56.